The average molecular weight is 250 g/mol. The van der Waals surface area contributed by atoms with Crippen molar-refractivity contribution in [3.05, 3.63) is 35.4 Å². The van der Waals surface area contributed by atoms with Gasteiger partial charge in [0.15, 0.2) is 0 Å². The van der Waals surface area contributed by atoms with Crippen LogP contribution in [0, 0.1) is 0 Å². The molecule has 18 heavy (non-hydrogen) atoms. The highest BCUT2D eigenvalue weighted by Crippen LogP contribution is 2.13. The first-order valence-electron chi connectivity index (χ1n) is 6.16. The maximum Gasteiger partial charge on any atom is 0.338 e. The number of hydrogen-bond acceptors (Lipinski definition) is 4. The van der Waals surface area contributed by atoms with E-state index in [9.17, 15) is 4.79 Å². The first kappa shape index (κ1) is 13.1. The van der Waals surface area contributed by atoms with Gasteiger partial charge in [0.1, 0.15) is 6.61 Å². The third kappa shape index (κ3) is 3.55. The van der Waals surface area contributed by atoms with E-state index in [0.29, 0.717) is 18.8 Å². The smallest absolute Gasteiger partial charge is 0.338 e. The molecule has 1 aromatic carbocycles. The molecule has 0 saturated carbocycles. The van der Waals surface area contributed by atoms with E-state index >= 15 is 0 Å². The molecular weight excluding hydrogens is 232 g/mol. The standard InChI is InChI=1S/C14H18O4/c1-16-9-11-4-2-5-12(8-11)14(15)18-10-13-6-3-7-17-13/h2,4-5,8,13H,3,6-7,9-10H2,1H3. The zero-order valence-electron chi connectivity index (χ0n) is 10.6. The van der Waals surface area contributed by atoms with Crippen LogP contribution in [0.4, 0.5) is 0 Å². The Kier molecular flexibility index (Phi) is 4.73. The van der Waals surface area contributed by atoms with Gasteiger partial charge in [-0.25, -0.2) is 4.79 Å². The monoisotopic (exact) mass is 250 g/mol. The summed E-state index contributed by atoms with van der Waals surface area (Å²) < 4.78 is 15.7. The second-order valence-electron chi connectivity index (χ2n) is 4.37. The SMILES string of the molecule is COCc1cccc(C(=O)OCC2CCCO2)c1. The fourth-order valence-electron chi connectivity index (χ4n) is 1.98. The quantitative estimate of drug-likeness (QED) is 0.751. The average Bonchev–Trinajstić information content (AvgIpc) is 2.90. The molecule has 1 unspecified atom stereocenters. The zero-order valence-corrected chi connectivity index (χ0v) is 10.6. The number of esters is 1. The molecule has 0 aliphatic carbocycles. The summed E-state index contributed by atoms with van der Waals surface area (Å²) in [5, 5.41) is 0. The topological polar surface area (TPSA) is 44.8 Å². The van der Waals surface area contributed by atoms with Crippen LogP contribution in [0.1, 0.15) is 28.8 Å². The molecule has 2 rings (SSSR count). The van der Waals surface area contributed by atoms with Gasteiger partial charge in [-0.05, 0) is 30.5 Å². The number of rotatable bonds is 5. The van der Waals surface area contributed by atoms with Crippen molar-refractivity contribution in [1.29, 1.82) is 0 Å². The Morgan fingerprint density at radius 3 is 3.11 bits per heavy atom. The molecule has 4 heteroatoms. The molecule has 0 amide bonds. The van der Waals surface area contributed by atoms with Gasteiger partial charge in [0, 0.05) is 13.7 Å². The number of carbonyl (C=O) groups excluding carboxylic acids is 1. The Balaban J connectivity index is 1.89. The first-order valence-corrected chi connectivity index (χ1v) is 6.16. The van der Waals surface area contributed by atoms with Gasteiger partial charge in [0.25, 0.3) is 0 Å². The summed E-state index contributed by atoms with van der Waals surface area (Å²) in [5.41, 5.74) is 1.52. The zero-order chi connectivity index (χ0) is 12.8. The third-order valence-corrected chi connectivity index (χ3v) is 2.90. The van der Waals surface area contributed by atoms with Crippen LogP contribution < -0.4 is 0 Å². The molecule has 0 spiro atoms. The molecule has 1 atom stereocenters. The summed E-state index contributed by atoms with van der Waals surface area (Å²) in [6, 6.07) is 7.29. The predicted octanol–water partition coefficient (Wildman–Crippen LogP) is 2.17. The summed E-state index contributed by atoms with van der Waals surface area (Å²) in [7, 11) is 1.63. The van der Waals surface area contributed by atoms with Crippen LogP contribution in [0.3, 0.4) is 0 Å². The van der Waals surface area contributed by atoms with Crippen molar-refractivity contribution in [3.8, 4) is 0 Å². The van der Waals surface area contributed by atoms with E-state index in [1.165, 1.54) is 0 Å². The molecule has 1 aromatic rings. The minimum absolute atomic E-state index is 0.0658. The van der Waals surface area contributed by atoms with Crippen molar-refractivity contribution < 1.29 is 19.0 Å². The molecule has 0 N–H and O–H groups in total. The fourth-order valence-corrected chi connectivity index (χ4v) is 1.98. The largest absolute Gasteiger partial charge is 0.459 e. The second kappa shape index (κ2) is 6.52. The van der Waals surface area contributed by atoms with Gasteiger partial charge in [-0.15, -0.1) is 0 Å². The summed E-state index contributed by atoms with van der Waals surface area (Å²) in [5.74, 6) is -0.302. The highest BCUT2D eigenvalue weighted by Gasteiger charge is 2.18. The third-order valence-electron chi connectivity index (χ3n) is 2.90. The number of hydrogen-bond donors (Lipinski definition) is 0. The summed E-state index contributed by atoms with van der Waals surface area (Å²) in [6.07, 6.45) is 2.08. The van der Waals surface area contributed by atoms with E-state index in [1.54, 1.807) is 19.2 Å². The normalized spacial score (nSPS) is 18.8. The molecule has 1 heterocycles. The highest BCUT2D eigenvalue weighted by atomic mass is 16.6. The molecule has 1 fully saturated rings. The van der Waals surface area contributed by atoms with Crippen LogP contribution in [0.5, 0.6) is 0 Å². The number of methoxy groups -OCH3 is 1. The van der Waals surface area contributed by atoms with Crippen LogP contribution in [-0.2, 0) is 20.8 Å². The maximum atomic E-state index is 11.8. The maximum absolute atomic E-state index is 11.8. The molecule has 1 aliphatic rings. The Morgan fingerprint density at radius 2 is 2.39 bits per heavy atom. The number of ether oxygens (including phenoxy) is 3. The minimum Gasteiger partial charge on any atom is -0.459 e. The van der Waals surface area contributed by atoms with Crippen molar-refractivity contribution in [2.45, 2.75) is 25.6 Å². The van der Waals surface area contributed by atoms with Crippen LogP contribution in [0.2, 0.25) is 0 Å². The lowest BCUT2D eigenvalue weighted by molar-refractivity contribution is 0.0161. The van der Waals surface area contributed by atoms with Gasteiger partial charge in [-0.3, -0.25) is 0 Å². The molecule has 98 valence electrons. The Labute approximate surface area is 107 Å². The van der Waals surface area contributed by atoms with Crippen molar-refractivity contribution >= 4 is 5.97 Å². The fraction of sp³-hybridized carbons (Fsp3) is 0.500. The van der Waals surface area contributed by atoms with E-state index in [1.807, 2.05) is 12.1 Å². The van der Waals surface area contributed by atoms with Crippen molar-refractivity contribution in [2.24, 2.45) is 0 Å². The first-order chi connectivity index (χ1) is 8.79. The van der Waals surface area contributed by atoms with Gasteiger partial charge in [0.05, 0.1) is 18.3 Å². The molecule has 4 nitrogen and oxygen atoms in total. The lowest BCUT2D eigenvalue weighted by Gasteiger charge is -2.10. The Morgan fingerprint density at radius 1 is 1.50 bits per heavy atom. The van der Waals surface area contributed by atoms with Crippen LogP contribution in [-0.4, -0.2) is 32.4 Å². The van der Waals surface area contributed by atoms with Gasteiger partial charge in [0.2, 0.25) is 0 Å². The predicted molar refractivity (Wildman–Crippen MR) is 66.4 cm³/mol. The lowest BCUT2D eigenvalue weighted by Crippen LogP contribution is -2.17. The van der Waals surface area contributed by atoms with E-state index in [4.69, 9.17) is 14.2 Å². The van der Waals surface area contributed by atoms with Gasteiger partial charge < -0.3 is 14.2 Å². The van der Waals surface area contributed by atoms with Gasteiger partial charge in [-0.2, -0.15) is 0 Å². The van der Waals surface area contributed by atoms with Crippen LogP contribution in [0.15, 0.2) is 24.3 Å². The minimum atomic E-state index is -0.302. The molecule has 0 aromatic heterocycles. The van der Waals surface area contributed by atoms with Crippen molar-refractivity contribution in [2.75, 3.05) is 20.3 Å². The molecule has 0 radical (unpaired) electrons. The van der Waals surface area contributed by atoms with Gasteiger partial charge in [-0.1, -0.05) is 12.1 Å². The van der Waals surface area contributed by atoms with Crippen molar-refractivity contribution in [3.63, 3.8) is 0 Å². The van der Waals surface area contributed by atoms with Crippen LogP contribution >= 0.6 is 0 Å². The summed E-state index contributed by atoms with van der Waals surface area (Å²) in [4.78, 5) is 11.8. The lowest BCUT2D eigenvalue weighted by atomic mass is 10.1. The highest BCUT2D eigenvalue weighted by molar-refractivity contribution is 5.89. The van der Waals surface area contributed by atoms with E-state index in [-0.39, 0.29) is 12.1 Å². The Hall–Kier alpha value is -1.39. The van der Waals surface area contributed by atoms with Gasteiger partial charge >= 0.3 is 5.97 Å². The molecule has 1 aliphatic heterocycles. The second-order valence-corrected chi connectivity index (χ2v) is 4.37. The van der Waals surface area contributed by atoms with E-state index < -0.39 is 0 Å². The summed E-state index contributed by atoms with van der Waals surface area (Å²) >= 11 is 0. The molecule has 1 saturated heterocycles. The molecular formula is C14H18O4. The number of carbonyl (C=O) groups is 1. The summed E-state index contributed by atoms with van der Waals surface area (Å²) in [6.45, 7) is 1.60. The van der Waals surface area contributed by atoms with E-state index in [0.717, 1.165) is 25.0 Å². The number of benzene rings is 1. The van der Waals surface area contributed by atoms with Crippen LogP contribution in [0.25, 0.3) is 0 Å². The Bertz CT molecular complexity index is 397. The molecule has 0 bridgehead atoms. The van der Waals surface area contributed by atoms with E-state index in [2.05, 4.69) is 0 Å². The van der Waals surface area contributed by atoms with Crippen molar-refractivity contribution in [1.82, 2.24) is 0 Å².